The van der Waals surface area contributed by atoms with Crippen LogP contribution in [-0.2, 0) is 0 Å². The van der Waals surface area contributed by atoms with Gasteiger partial charge in [0.25, 0.3) is 0 Å². The number of nitrogens with zero attached hydrogens (tertiary/aromatic N) is 2. The first-order valence-electron chi connectivity index (χ1n) is 3.18. The molecule has 60 valence electrons. The van der Waals surface area contributed by atoms with Gasteiger partial charge in [-0.3, -0.25) is 0 Å². The number of aryl methyl sites for hydroxylation is 2. The lowest BCUT2D eigenvalue weighted by Crippen LogP contribution is -1.86. The van der Waals surface area contributed by atoms with Crippen molar-refractivity contribution in [1.82, 2.24) is 9.97 Å². The van der Waals surface area contributed by atoms with Crippen molar-refractivity contribution in [2.75, 3.05) is 0 Å². The maximum atomic E-state index is 7.12. The summed E-state index contributed by atoms with van der Waals surface area (Å²) in [7, 11) is -0.750. The fourth-order valence-electron chi connectivity index (χ4n) is 0.574. The second-order valence-electron chi connectivity index (χ2n) is 1.89. The van der Waals surface area contributed by atoms with Crippen LogP contribution >= 0.6 is 0 Å². The molecule has 0 saturated carbocycles. The maximum absolute atomic E-state index is 7.12. The fourth-order valence-corrected chi connectivity index (χ4v) is 0.574. The molecule has 1 rings (SSSR count). The average Bonchev–Trinajstić information content (AvgIpc) is 1.88. The molecule has 0 amide bonds. The highest BCUT2D eigenvalue weighted by Crippen LogP contribution is 1.88. The predicted molar refractivity (Wildman–Crippen MR) is 43.1 cm³/mol. The maximum Gasteiger partial charge on any atom is 0.432 e. The molecule has 0 atom stereocenters. The highest BCUT2D eigenvalue weighted by atomic mass is 16.4. The number of aromatic nitrogens is 2. The molecule has 0 aliphatic heterocycles. The standard InChI is InChI=1S/C6H8N2.BH3O2/c1-5-3-4-7-6(2)8-5;2-1-3/h3-4H,1-2H3;1-3H. The molecule has 11 heavy (non-hydrogen) atoms. The van der Waals surface area contributed by atoms with Crippen molar-refractivity contribution < 1.29 is 10.0 Å². The van der Waals surface area contributed by atoms with Gasteiger partial charge in [-0.1, -0.05) is 0 Å². The summed E-state index contributed by atoms with van der Waals surface area (Å²) in [6.45, 7) is 3.84. The first-order valence-corrected chi connectivity index (χ1v) is 3.18. The van der Waals surface area contributed by atoms with Crippen LogP contribution in [0.4, 0.5) is 0 Å². The fraction of sp³-hybridized carbons (Fsp3) is 0.333. The Labute approximate surface area is 66.3 Å². The number of hydrogen-bond donors (Lipinski definition) is 2. The van der Waals surface area contributed by atoms with Crippen LogP contribution in [0.1, 0.15) is 11.5 Å². The van der Waals surface area contributed by atoms with E-state index in [4.69, 9.17) is 10.0 Å². The highest BCUT2D eigenvalue weighted by Gasteiger charge is 1.83. The lowest BCUT2D eigenvalue weighted by molar-refractivity contribution is 0.448. The number of rotatable bonds is 0. The van der Waals surface area contributed by atoms with Crippen molar-refractivity contribution in [2.45, 2.75) is 13.8 Å². The normalized spacial score (nSPS) is 8.00. The third-order valence-corrected chi connectivity index (χ3v) is 0.915. The van der Waals surface area contributed by atoms with Gasteiger partial charge in [0, 0.05) is 11.9 Å². The Morgan fingerprint density at radius 3 is 2.18 bits per heavy atom. The summed E-state index contributed by atoms with van der Waals surface area (Å²) in [5.41, 5.74) is 1.03. The molecular formula is C6H11BN2O2. The largest absolute Gasteiger partial charge is 0.432 e. The summed E-state index contributed by atoms with van der Waals surface area (Å²) in [6, 6.07) is 1.88. The Bertz CT molecular complexity index is 190. The summed E-state index contributed by atoms with van der Waals surface area (Å²) in [6.07, 6.45) is 1.76. The smallest absolute Gasteiger partial charge is 0.430 e. The molecule has 0 aromatic carbocycles. The summed E-state index contributed by atoms with van der Waals surface area (Å²) < 4.78 is 0. The van der Waals surface area contributed by atoms with Gasteiger partial charge < -0.3 is 10.0 Å². The van der Waals surface area contributed by atoms with Crippen molar-refractivity contribution in [3.63, 3.8) is 0 Å². The van der Waals surface area contributed by atoms with E-state index in [0.29, 0.717) is 0 Å². The summed E-state index contributed by atoms with van der Waals surface area (Å²) >= 11 is 0. The molecule has 0 aliphatic carbocycles. The third-order valence-electron chi connectivity index (χ3n) is 0.915. The van der Waals surface area contributed by atoms with Crippen LogP contribution in [0.5, 0.6) is 0 Å². The lowest BCUT2D eigenvalue weighted by Gasteiger charge is -1.89. The van der Waals surface area contributed by atoms with Crippen molar-refractivity contribution >= 4 is 7.69 Å². The number of hydrogen-bond acceptors (Lipinski definition) is 4. The van der Waals surface area contributed by atoms with Crippen molar-refractivity contribution in [1.29, 1.82) is 0 Å². The van der Waals surface area contributed by atoms with E-state index >= 15 is 0 Å². The quantitative estimate of drug-likeness (QED) is 0.486. The zero-order valence-corrected chi connectivity index (χ0v) is 6.65. The van der Waals surface area contributed by atoms with E-state index in [2.05, 4.69) is 9.97 Å². The topological polar surface area (TPSA) is 66.2 Å². The minimum Gasteiger partial charge on any atom is -0.430 e. The average molecular weight is 154 g/mol. The van der Waals surface area contributed by atoms with Crippen LogP contribution < -0.4 is 0 Å². The molecule has 0 saturated heterocycles. The Hall–Kier alpha value is -0.935. The van der Waals surface area contributed by atoms with E-state index < -0.39 is 7.69 Å². The zero-order valence-electron chi connectivity index (χ0n) is 6.65. The van der Waals surface area contributed by atoms with Crippen LogP contribution in [-0.4, -0.2) is 27.7 Å². The Balaban J connectivity index is 0.000000292. The lowest BCUT2D eigenvalue weighted by atomic mass is 10.4. The SMILES string of the molecule is Cc1ccnc(C)n1.OBO. The monoisotopic (exact) mass is 154 g/mol. The summed E-state index contributed by atoms with van der Waals surface area (Å²) in [5, 5.41) is 14.2. The van der Waals surface area contributed by atoms with Crippen LogP contribution in [0.3, 0.4) is 0 Å². The first-order chi connectivity index (χ1) is 5.20. The molecule has 1 aromatic rings. The Morgan fingerprint density at radius 2 is 1.91 bits per heavy atom. The van der Waals surface area contributed by atoms with E-state index in [-0.39, 0.29) is 0 Å². The van der Waals surface area contributed by atoms with Gasteiger partial charge in [-0.2, -0.15) is 0 Å². The second-order valence-corrected chi connectivity index (χ2v) is 1.89. The first kappa shape index (κ1) is 10.1. The van der Waals surface area contributed by atoms with Crippen molar-refractivity contribution in [2.24, 2.45) is 0 Å². The molecule has 0 spiro atoms. The van der Waals surface area contributed by atoms with E-state index in [9.17, 15) is 0 Å². The Kier molecular flexibility index (Phi) is 5.33. The zero-order chi connectivity index (χ0) is 8.69. The van der Waals surface area contributed by atoms with Gasteiger partial charge in [-0.15, -0.1) is 0 Å². The molecule has 0 aliphatic rings. The summed E-state index contributed by atoms with van der Waals surface area (Å²) in [4.78, 5) is 7.99. The van der Waals surface area contributed by atoms with Gasteiger partial charge in [0.05, 0.1) is 0 Å². The minimum atomic E-state index is -0.750. The molecule has 5 heteroatoms. The van der Waals surface area contributed by atoms with Crippen LogP contribution in [0, 0.1) is 13.8 Å². The van der Waals surface area contributed by atoms with E-state index in [0.717, 1.165) is 11.5 Å². The molecule has 0 bridgehead atoms. The molecule has 0 unspecified atom stereocenters. The van der Waals surface area contributed by atoms with E-state index in [1.165, 1.54) is 0 Å². The molecule has 0 fully saturated rings. The van der Waals surface area contributed by atoms with Gasteiger partial charge in [0.1, 0.15) is 5.82 Å². The van der Waals surface area contributed by atoms with Crippen molar-refractivity contribution in [3.05, 3.63) is 23.8 Å². The summed E-state index contributed by atoms with van der Waals surface area (Å²) in [5.74, 6) is 0.838. The molecule has 0 radical (unpaired) electrons. The minimum absolute atomic E-state index is 0.750. The molecule has 1 aromatic heterocycles. The van der Waals surface area contributed by atoms with Gasteiger partial charge >= 0.3 is 7.69 Å². The van der Waals surface area contributed by atoms with Crippen molar-refractivity contribution in [3.8, 4) is 0 Å². The third kappa shape index (κ3) is 5.51. The van der Waals surface area contributed by atoms with Crippen LogP contribution in [0.15, 0.2) is 12.3 Å². The Morgan fingerprint density at radius 1 is 1.36 bits per heavy atom. The molecule has 4 nitrogen and oxygen atoms in total. The van der Waals surface area contributed by atoms with Gasteiger partial charge in [-0.05, 0) is 19.9 Å². The van der Waals surface area contributed by atoms with E-state index in [1.54, 1.807) is 6.20 Å². The molecular weight excluding hydrogens is 143 g/mol. The van der Waals surface area contributed by atoms with Crippen LogP contribution in [0.2, 0.25) is 0 Å². The highest BCUT2D eigenvalue weighted by molar-refractivity contribution is 6.13. The molecule has 2 N–H and O–H groups in total. The van der Waals surface area contributed by atoms with Gasteiger partial charge in [0.2, 0.25) is 0 Å². The van der Waals surface area contributed by atoms with Gasteiger partial charge in [0.15, 0.2) is 0 Å². The van der Waals surface area contributed by atoms with Crippen LogP contribution in [0.25, 0.3) is 0 Å². The van der Waals surface area contributed by atoms with Gasteiger partial charge in [-0.25, -0.2) is 9.97 Å². The molecule has 1 heterocycles. The second kappa shape index (κ2) is 5.82. The van der Waals surface area contributed by atoms with E-state index in [1.807, 2.05) is 19.9 Å². The predicted octanol–water partition coefficient (Wildman–Crippen LogP) is -0.669.